The van der Waals surface area contributed by atoms with Gasteiger partial charge in [-0.15, -0.1) is 0 Å². The lowest BCUT2D eigenvalue weighted by Crippen LogP contribution is -2.36. The first-order valence-corrected chi connectivity index (χ1v) is 10.2. The average molecular weight is 429 g/mol. The predicted molar refractivity (Wildman–Crippen MR) is 115 cm³/mol. The van der Waals surface area contributed by atoms with E-state index in [1.807, 2.05) is 60.7 Å². The Labute approximate surface area is 183 Å². The van der Waals surface area contributed by atoms with Crippen LogP contribution in [-0.2, 0) is 21.0 Å². The third kappa shape index (κ3) is 3.30. The number of fused-ring (bicyclic) bond motifs is 1. The number of carbonyl (C=O) groups excluding carboxylic acids is 2. The van der Waals surface area contributed by atoms with Gasteiger partial charge in [-0.3, -0.25) is 29.4 Å². The second-order valence-electron chi connectivity index (χ2n) is 7.75. The van der Waals surface area contributed by atoms with E-state index in [9.17, 15) is 19.7 Å². The Bertz CT molecular complexity index is 1170. The van der Waals surface area contributed by atoms with Crippen LogP contribution in [0.4, 0.5) is 11.4 Å². The van der Waals surface area contributed by atoms with E-state index in [1.165, 1.54) is 17.0 Å². The van der Waals surface area contributed by atoms with Gasteiger partial charge in [0.2, 0.25) is 5.91 Å². The van der Waals surface area contributed by atoms with Crippen LogP contribution in [0.2, 0.25) is 0 Å². The maximum atomic E-state index is 13.4. The minimum absolute atomic E-state index is 0.0463. The van der Waals surface area contributed by atoms with Crippen LogP contribution in [0.3, 0.4) is 0 Å². The molecule has 3 aromatic carbocycles. The maximum absolute atomic E-state index is 13.4. The number of nitro groups is 1. The third-order valence-corrected chi connectivity index (χ3v) is 5.85. The molecule has 0 saturated carbocycles. The Kier molecular flexibility index (Phi) is 4.91. The summed E-state index contributed by atoms with van der Waals surface area (Å²) in [4.78, 5) is 44.5. The molecule has 0 radical (unpaired) electrons. The molecular weight excluding hydrogens is 410 g/mol. The number of hydroxylamine groups is 1. The molecule has 2 saturated heterocycles. The predicted octanol–water partition coefficient (Wildman–Crippen LogP) is 3.64. The first-order valence-electron chi connectivity index (χ1n) is 10.2. The smallest absolute Gasteiger partial charge is 0.269 e. The van der Waals surface area contributed by atoms with Crippen LogP contribution >= 0.6 is 0 Å². The Hall–Kier alpha value is -4.04. The summed E-state index contributed by atoms with van der Waals surface area (Å²) in [6, 6.07) is 23.9. The summed E-state index contributed by atoms with van der Waals surface area (Å²) in [5, 5.41) is 12.7. The lowest BCUT2D eigenvalue weighted by atomic mass is 9.90. The largest absolute Gasteiger partial charge is 0.275 e. The van der Waals surface area contributed by atoms with Gasteiger partial charge in [0.1, 0.15) is 5.92 Å². The molecule has 2 fully saturated rings. The van der Waals surface area contributed by atoms with Crippen LogP contribution in [0, 0.1) is 16.0 Å². The number of non-ortho nitro benzene ring substituents is 1. The Morgan fingerprint density at radius 2 is 1.47 bits per heavy atom. The lowest BCUT2D eigenvalue weighted by Gasteiger charge is -2.28. The zero-order chi connectivity index (χ0) is 22.2. The van der Waals surface area contributed by atoms with Gasteiger partial charge < -0.3 is 0 Å². The molecule has 2 aliphatic rings. The number of nitrogens with zero attached hydrogens (tertiary/aromatic N) is 3. The van der Waals surface area contributed by atoms with E-state index in [4.69, 9.17) is 4.84 Å². The Morgan fingerprint density at radius 3 is 2.09 bits per heavy atom. The van der Waals surface area contributed by atoms with Crippen molar-refractivity contribution >= 4 is 23.2 Å². The summed E-state index contributed by atoms with van der Waals surface area (Å²) in [6.45, 7) is 0.174. The Balaban J connectivity index is 1.52. The fourth-order valence-electron chi connectivity index (χ4n) is 4.32. The van der Waals surface area contributed by atoms with Crippen molar-refractivity contribution in [2.24, 2.45) is 5.92 Å². The molecule has 2 amide bonds. The molecule has 3 atom stereocenters. The first kappa shape index (κ1) is 19.9. The number of para-hydroxylation sites is 1. The normalized spacial score (nSPS) is 22.3. The number of amides is 2. The third-order valence-electron chi connectivity index (χ3n) is 5.85. The van der Waals surface area contributed by atoms with Crippen molar-refractivity contribution in [1.29, 1.82) is 0 Å². The second-order valence-corrected chi connectivity index (χ2v) is 7.75. The molecule has 0 N–H and O–H groups in total. The van der Waals surface area contributed by atoms with Gasteiger partial charge >= 0.3 is 0 Å². The molecule has 0 unspecified atom stereocenters. The number of hydrogen-bond acceptors (Lipinski definition) is 6. The van der Waals surface area contributed by atoms with Crippen LogP contribution in [-0.4, -0.2) is 27.7 Å². The molecule has 2 aliphatic heterocycles. The van der Waals surface area contributed by atoms with Gasteiger partial charge in [-0.25, -0.2) is 5.06 Å². The highest BCUT2D eigenvalue weighted by Crippen LogP contribution is 2.47. The molecule has 8 nitrogen and oxygen atoms in total. The number of likely N-dealkylation sites (tertiary alicyclic amines) is 1. The number of imide groups is 1. The zero-order valence-electron chi connectivity index (χ0n) is 16.9. The van der Waals surface area contributed by atoms with E-state index >= 15 is 0 Å². The molecule has 0 aromatic heterocycles. The quantitative estimate of drug-likeness (QED) is 0.349. The van der Waals surface area contributed by atoms with Gasteiger partial charge in [-0.05, 0) is 23.3 Å². The minimum atomic E-state index is -0.952. The fraction of sp³-hybridized carbons (Fsp3) is 0.167. The van der Waals surface area contributed by atoms with Crippen molar-refractivity contribution in [1.82, 2.24) is 4.90 Å². The number of rotatable bonds is 5. The fourth-order valence-corrected chi connectivity index (χ4v) is 4.32. The number of carbonyl (C=O) groups is 2. The minimum Gasteiger partial charge on any atom is -0.275 e. The van der Waals surface area contributed by atoms with Crippen molar-refractivity contribution < 1.29 is 19.3 Å². The maximum Gasteiger partial charge on any atom is 0.269 e. The van der Waals surface area contributed by atoms with Gasteiger partial charge in [0.25, 0.3) is 11.6 Å². The van der Waals surface area contributed by atoms with E-state index in [0.29, 0.717) is 11.3 Å². The van der Waals surface area contributed by atoms with Crippen molar-refractivity contribution in [3.05, 3.63) is 106 Å². The number of benzene rings is 3. The molecular formula is C24H19N3O5. The van der Waals surface area contributed by atoms with Gasteiger partial charge in [0.15, 0.2) is 6.10 Å². The molecule has 0 bridgehead atoms. The van der Waals surface area contributed by atoms with Gasteiger partial charge in [0.05, 0.1) is 23.2 Å². The van der Waals surface area contributed by atoms with E-state index in [1.54, 1.807) is 17.2 Å². The van der Waals surface area contributed by atoms with E-state index in [-0.39, 0.29) is 24.0 Å². The summed E-state index contributed by atoms with van der Waals surface area (Å²) in [5.41, 5.74) is 2.16. The molecule has 0 spiro atoms. The van der Waals surface area contributed by atoms with Gasteiger partial charge in [-0.2, -0.15) is 0 Å². The molecule has 3 aromatic rings. The monoisotopic (exact) mass is 429 g/mol. The van der Waals surface area contributed by atoms with E-state index in [2.05, 4.69) is 0 Å². The topological polar surface area (TPSA) is 93.0 Å². The summed E-state index contributed by atoms with van der Waals surface area (Å²) in [5.74, 6) is -1.45. The molecule has 2 heterocycles. The van der Waals surface area contributed by atoms with Crippen LogP contribution in [0.1, 0.15) is 17.2 Å². The van der Waals surface area contributed by atoms with Crippen molar-refractivity contribution in [2.75, 3.05) is 5.06 Å². The van der Waals surface area contributed by atoms with Gasteiger partial charge in [0, 0.05) is 12.1 Å². The molecule has 32 heavy (non-hydrogen) atoms. The van der Waals surface area contributed by atoms with Crippen molar-refractivity contribution in [3.8, 4) is 0 Å². The standard InChI is InChI=1S/C24H19N3O5/c28-23-20-21(17-11-13-19(14-12-17)27(30)31)26(18-9-5-2-6-10-18)32-22(20)24(29)25(23)15-16-7-3-1-4-8-16/h1-14,20-22H,15H2/t20-,21-,22-/m1/s1. The highest BCUT2D eigenvalue weighted by molar-refractivity contribution is 6.07. The van der Waals surface area contributed by atoms with Crippen LogP contribution in [0.5, 0.6) is 0 Å². The second kappa shape index (κ2) is 7.90. The van der Waals surface area contributed by atoms with Crippen molar-refractivity contribution in [2.45, 2.75) is 18.7 Å². The molecule has 160 valence electrons. The number of anilines is 1. The summed E-state index contributed by atoms with van der Waals surface area (Å²) in [6.07, 6.45) is -0.952. The van der Waals surface area contributed by atoms with Gasteiger partial charge in [-0.1, -0.05) is 60.7 Å². The number of hydrogen-bond donors (Lipinski definition) is 0. The molecule has 5 rings (SSSR count). The van der Waals surface area contributed by atoms with Crippen LogP contribution in [0.15, 0.2) is 84.9 Å². The molecule has 8 heteroatoms. The van der Waals surface area contributed by atoms with E-state index < -0.39 is 23.0 Å². The number of nitro benzene ring substituents is 1. The highest BCUT2D eigenvalue weighted by Gasteiger charge is 2.59. The summed E-state index contributed by atoms with van der Waals surface area (Å²) < 4.78 is 0. The SMILES string of the molecule is O=C1[C@@H]2[C@@H](c3ccc([N+](=O)[O-])cc3)N(c3ccccc3)O[C@H]2C(=O)N1Cc1ccccc1. The molecule has 0 aliphatic carbocycles. The highest BCUT2D eigenvalue weighted by atomic mass is 16.7. The summed E-state index contributed by atoms with van der Waals surface area (Å²) in [7, 11) is 0. The van der Waals surface area contributed by atoms with E-state index in [0.717, 1.165) is 5.56 Å². The average Bonchev–Trinajstić information content (AvgIpc) is 3.32. The van der Waals surface area contributed by atoms with Crippen LogP contribution < -0.4 is 5.06 Å². The summed E-state index contributed by atoms with van der Waals surface area (Å²) >= 11 is 0. The van der Waals surface area contributed by atoms with Crippen molar-refractivity contribution in [3.63, 3.8) is 0 Å². The first-order chi connectivity index (χ1) is 15.5. The lowest BCUT2D eigenvalue weighted by molar-refractivity contribution is -0.384. The van der Waals surface area contributed by atoms with Crippen LogP contribution in [0.25, 0.3) is 0 Å². The zero-order valence-corrected chi connectivity index (χ0v) is 16.9. The Morgan fingerprint density at radius 1 is 0.844 bits per heavy atom.